The summed E-state index contributed by atoms with van der Waals surface area (Å²) in [5.41, 5.74) is 3.43. The third-order valence-corrected chi connectivity index (χ3v) is 6.07. The van der Waals surface area contributed by atoms with E-state index in [-0.39, 0.29) is 5.91 Å². The van der Waals surface area contributed by atoms with E-state index in [4.69, 9.17) is 9.84 Å². The first kappa shape index (κ1) is 22.2. The SMILES string of the molecule is COc1cccc(-c2nn(-c3ccccc3)cc2C(=O)N2CCN(c3cc(C#N)ccn3)CC2)c1. The smallest absolute Gasteiger partial charge is 0.257 e. The predicted octanol–water partition coefficient (Wildman–Crippen LogP) is 3.78. The second-order valence-electron chi connectivity index (χ2n) is 8.20. The molecule has 0 atom stereocenters. The first-order valence-electron chi connectivity index (χ1n) is 11.4. The number of pyridine rings is 1. The molecule has 0 spiro atoms. The minimum Gasteiger partial charge on any atom is -0.497 e. The highest BCUT2D eigenvalue weighted by molar-refractivity contribution is 6.00. The number of amides is 1. The van der Waals surface area contributed by atoms with Crippen LogP contribution in [0.25, 0.3) is 16.9 Å². The molecule has 1 fully saturated rings. The van der Waals surface area contributed by atoms with Gasteiger partial charge in [-0.05, 0) is 36.4 Å². The minimum absolute atomic E-state index is 0.0663. The summed E-state index contributed by atoms with van der Waals surface area (Å²) in [6, 6.07) is 22.9. The Labute approximate surface area is 203 Å². The summed E-state index contributed by atoms with van der Waals surface area (Å²) in [4.78, 5) is 22.0. The van der Waals surface area contributed by atoms with Gasteiger partial charge >= 0.3 is 0 Å². The Morgan fingerprint density at radius 2 is 1.80 bits per heavy atom. The lowest BCUT2D eigenvalue weighted by Crippen LogP contribution is -2.49. The van der Waals surface area contributed by atoms with Crippen LogP contribution in [0.5, 0.6) is 5.75 Å². The second kappa shape index (κ2) is 9.69. The molecule has 3 heterocycles. The summed E-state index contributed by atoms with van der Waals surface area (Å²) in [6.07, 6.45) is 3.45. The van der Waals surface area contributed by atoms with E-state index < -0.39 is 0 Å². The maximum Gasteiger partial charge on any atom is 0.257 e. The Balaban J connectivity index is 1.43. The molecule has 0 bridgehead atoms. The zero-order valence-electron chi connectivity index (χ0n) is 19.3. The van der Waals surface area contributed by atoms with Crippen LogP contribution < -0.4 is 9.64 Å². The zero-order valence-corrected chi connectivity index (χ0v) is 19.3. The molecule has 0 aliphatic carbocycles. The Morgan fingerprint density at radius 1 is 1.00 bits per heavy atom. The van der Waals surface area contributed by atoms with Crippen LogP contribution >= 0.6 is 0 Å². The summed E-state index contributed by atoms with van der Waals surface area (Å²) in [5, 5.41) is 14.0. The van der Waals surface area contributed by atoms with E-state index in [0.717, 1.165) is 17.1 Å². The molecule has 1 aliphatic heterocycles. The average molecular weight is 465 g/mol. The first-order valence-corrected chi connectivity index (χ1v) is 11.4. The molecule has 1 aliphatic rings. The lowest BCUT2D eigenvalue weighted by Gasteiger charge is -2.35. The van der Waals surface area contributed by atoms with Gasteiger partial charge in [-0.3, -0.25) is 4.79 Å². The quantitative estimate of drug-likeness (QED) is 0.447. The van der Waals surface area contributed by atoms with Crippen LogP contribution in [0.2, 0.25) is 0 Å². The second-order valence-corrected chi connectivity index (χ2v) is 8.20. The van der Waals surface area contributed by atoms with Crippen LogP contribution in [0.15, 0.2) is 79.1 Å². The van der Waals surface area contributed by atoms with Crippen molar-refractivity contribution in [2.75, 3.05) is 38.2 Å². The number of piperazine rings is 1. The van der Waals surface area contributed by atoms with Crippen molar-refractivity contribution in [3.8, 4) is 28.8 Å². The van der Waals surface area contributed by atoms with Crippen molar-refractivity contribution in [3.63, 3.8) is 0 Å². The molecule has 2 aromatic heterocycles. The van der Waals surface area contributed by atoms with E-state index in [0.29, 0.717) is 48.7 Å². The van der Waals surface area contributed by atoms with Gasteiger partial charge < -0.3 is 14.5 Å². The first-order chi connectivity index (χ1) is 17.2. The number of rotatable bonds is 5. The van der Waals surface area contributed by atoms with Crippen molar-refractivity contribution < 1.29 is 9.53 Å². The number of nitrogens with zero attached hydrogens (tertiary/aromatic N) is 6. The van der Waals surface area contributed by atoms with E-state index in [1.807, 2.05) is 59.5 Å². The van der Waals surface area contributed by atoms with Crippen LogP contribution in [-0.4, -0.2) is 58.9 Å². The van der Waals surface area contributed by atoms with E-state index in [1.54, 1.807) is 36.3 Å². The molecule has 5 rings (SSSR count). The van der Waals surface area contributed by atoms with E-state index >= 15 is 0 Å². The maximum atomic E-state index is 13.7. The number of nitriles is 1. The van der Waals surface area contributed by atoms with Crippen LogP contribution in [0, 0.1) is 11.3 Å². The molecule has 0 unspecified atom stereocenters. The number of ether oxygens (including phenoxy) is 1. The van der Waals surface area contributed by atoms with Crippen molar-refractivity contribution in [2.45, 2.75) is 0 Å². The van der Waals surface area contributed by atoms with Gasteiger partial charge in [-0.2, -0.15) is 10.4 Å². The van der Waals surface area contributed by atoms with Gasteiger partial charge in [0.25, 0.3) is 5.91 Å². The summed E-state index contributed by atoms with van der Waals surface area (Å²) >= 11 is 0. The van der Waals surface area contributed by atoms with E-state index in [9.17, 15) is 10.1 Å². The lowest BCUT2D eigenvalue weighted by molar-refractivity contribution is 0.0747. The number of carbonyl (C=O) groups is 1. The largest absolute Gasteiger partial charge is 0.497 e. The van der Waals surface area contributed by atoms with Crippen molar-refractivity contribution in [2.24, 2.45) is 0 Å². The Morgan fingerprint density at radius 3 is 2.54 bits per heavy atom. The molecule has 0 radical (unpaired) electrons. The minimum atomic E-state index is -0.0663. The Hall–Kier alpha value is -4.64. The Kier molecular flexibility index (Phi) is 6.14. The van der Waals surface area contributed by atoms with Gasteiger partial charge in [0.05, 0.1) is 30.0 Å². The van der Waals surface area contributed by atoms with Crippen molar-refractivity contribution in [1.29, 1.82) is 5.26 Å². The van der Waals surface area contributed by atoms with Crippen molar-refractivity contribution >= 4 is 11.7 Å². The number of para-hydroxylation sites is 1. The van der Waals surface area contributed by atoms with Crippen LogP contribution in [0.4, 0.5) is 5.82 Å². The van der Waals surface area contributed by atoms with Crippen LogP contribution in [0.3, 0.4) is 0 Å². The number of aromatic nitrogens is 3. The average Bonchev–Trinajstić information content (AvgIpc) is 3.39. The molecule has 8 heteroatoms. The molecular weight excluding hydrogens is 440 g/mol. The zero-order chi connectivity index (χ0) is 24.2. The number of methoxy groups -OCH3 is 1. The summed E-state index contributed by atoms with van der Waals surface area (Å²) < 4.78 is 7.14. The number of hydrogen-bond acceptors (Lipinski definition) is 6. The molecule has 1 saturated heterocycles. The number of anilines is 1. The summed E-state index contributed by atoms with van der Waals surface area (Å²) in [7, 11) is 1.62. The van der Waals surface area contributed by atoms with Gasteiger partial charge in [-0.1, -0.05) is 30.3 Å². The van der Waals surface area contributed by atoms with Gasteiger partial charge in [-0.15, -0.1) is 0 Å². The van der Waals surface area contributed by atoms with Gasteiger partial charge in [0.2, 0.25) is 0 Å². The number of carbonyl (C=O) groups excluding carboxylic acids is 1. The Bertz CT molecular complexity index is 1380. The third-order valence-electron chi connectivity index (χ3n) is 6.07. The molecule has 0 N–H and O–H groups in total. The third kappa shape index (κ3) is 4.57. The fourth-order valence-electron chi connectivity index (χ4n) is 4.20. The highest BCUT2D eigenvalue weighted by Gasteiger charge is 2.27. The van der Waals surface area contributed by atoms with E-state index in [2.05, 4.69) is 16.0 Å². The van der Waals surface area contributed by atoms with Gasteiger partial charge in [0.1, 0.15) is 17.3 Å². The highest BCUT2D eigenvalue weighted by atomic mass is 16.5. The lowest BCUT2D eigenvalue weighted by atomic mass is 10.1. The summed E-state index contributed by atoms with van der Waals surface area (Å²) in [6.45, 7) is 2.36. The van der Waals surface area contributed by atoms with Crippen molar-refractivity contribution in [3.05, 3.63) is 90.3 Å². The summed E-state index contributed by atoms with van der Waals surface area (Å²) in [5.74, 6) is 1.39. The number of benzene rings is 2. The topological polar surface area (TPSA) is 87.3 Å². The fourth-order valence-corrected chi connectivity index (χ4v) is 4.20. The standard InChI is InChI=1S/C27H24N6O2/c1-35-23-9-5-6-21(17-23)26-24(19-33(30-26)22-7-3-2-4-8-22)27(34)32-14-12-31(13-15-32)25-16-20(18-28)10-11-29-25/h2-11,16-17,19H,12-15H2,1H3. The predicted molar refractivity (Wildman–Crippen MR) is 133 cm³/mol. The molecule has 174 valence electrons. The monoisotopic (exact) mass is 464 g/mol. The molecule has 1 amide bonds. The van der Waals surface area contributed by atoms with Crippen molar-refractivity contribution in [1.82, 2.24) is 19.7 Å². The molecule has 2 aromatic carbocycles. The molecule has 4 aromatic rings. The number of hydrogen-bond donors (Lipinski definition) is 0. The normalized spacial score (nSPS) is 13.4. The molecular formula is C27H24N6O2. The maximum absolute atomic E-state index is 13.7. The molecule has 35 heavy (non-hydrogen) atoms. The molecule has 0 saturated carbocycles. The van der Waals surface area contributed by atoms with Crippen LogP contribution in [0.1, 0.15) is 15.9 Å². The molecule has 8 nitrogen and oxygen atoms in total. The van der Waals surface area contributed by atoms with Gasteiger partial charge in [-0.25, -0.2) is 9.67 Å². The fraction of sp³-hybridized carbons (Fsp3) is 0.185. The van der Waals surface area contributed by atoms with Crippen LogP contribution in [-0.2, 0) is 0 Å². The van der Waals surface area contributed by atoms with Gasteiger partial charge in [0.15, 0.2) is 0 Å². The van der Waals surface area contributed by atoms with E-state index in [1.165, 1.54) is 0 Å². The van der Waals surface area contributed by atoms with Gasteiger partial charge in [0, 0.05) is 44.1 Å². The highest BCUT2D eigenvalue weighted by Crippen LogP contribution is 2.28.